The molecule has 164 valence electrons. The van der Waals surface area contributed by atoms with E-state index in [1.807, 2.05) is 38.1 Å². The Bertz CT molecular complexity index is 1190. The number of anilines is 1. The molecule has 1 N–H and O–H groups in total. The van der Waals surface area contributed by atoms with E-state index in [0.717, 1.165) is 28.8 Å². The largest absolute Gasteiger partial charge is 0.480 e. The van der Waals surface area contributed by atoms with E-state index in [-0.39, 0.29) is 5.82 Å². The van der Waals surface area contributed by atoms with Gasteiger partial charge in [-0.25, -0.2) is 13.8 Å². The summed E-state index contributed by atoms with van der Waals surface area (Å²) in [4.78, 5) is 20.9. The number of methoxy groups -OCH3 is 1. The molecule has 2 aromatic carbocycles. The van der Waals surface area contributed by atoms with Crippen LogP contribution in [0.5, 0.6) is 5.75 Å². The lowest BCUT2D eigenvalue weighted by molar-refractivity contribution is 0.0374. The Kier molecular flexibility index (Phi) is 5.71. The van der Waals surface area contributed by atoms with Gasteiger partial charge in [-0.2, -0.15) is 0 Å². The van der Waals surface area contributed by atoms with Crippen LogP contribution in [-0.2, 0) is 4.74 Å². The van der Waals surface area contributed by atoms with E-state index in [1.54, 1.807) is 7.11 Å². The topological polar surface area (TPSA) is 73.3 Å². The fourth-order valence-corrected chi connectivity index (χ4v) is 3.60. The molecule has 1 unspecified atom stereocenters. The summed E-state index contributed by atoms with van der Waals surface area (Å²) in [6.45, 7) is 4.22. The number of hydrogen-bond donors (Lipinski definition) is 1. The van der Waals surface area contributed by atoms with Gasteiger partial charge in [-0.1, -0.05) is 17.7 Å². The molecule has 0 saturated carbocycles. The fourth-order valence-electron chi connectivity index (χ4n) is 3.60. The highest BCUT2D eigenvalue weighted by molar-refractivity contribution is 6.04. The van der Waals surface area contributed by atoms with Crippen LogP contribution in [0, 0.1) is 18.6 Å². The number of hydrogen-bond acceptors (Lipinski definition) is 5. The Balaban J connectivity index is 1.65. The first kappa shape index (κ1) is 21.6. The van der Waals surface area contributed by atoms with E-state index in [0.29, 0.717) is 18.1 Å². The third-order valence-electron chi connectivity index (χ3n) is 5.01. The lowest BCUT2D eigenvalue weighted by Gasteiger charge is -2.33. The highest BCUT2D eigenvalue weighted by atomic mass is 19.1. The van der Waals surface area contributed by atoms with Crippen LogP contribution in [0.1, 0.15) is 34.1 Å². The van der Waals surface area contributed by atoms with E-state index >= 15 is 0 Å². The number of carbonyl (C=O) groups excluding carboxylic acids is 1. The summed E-state index contributed by atoms with van der Waals surface area (Å²) in [5.74, 6) is -2.09. The zero-order valence-corrected chi connectivity index (χ0v) is 17.8. The van der Waals surface area contributed by atoms with Gasteiger partial charge in [-0.05, 0) is 44.2 Å². The average molecular weight is 437 g/mol. The first-order valence-electron chi connectivity index (χ1n) is 9.89. The maximum Gasteiger partial charge on any atom is 0.262 e. The minimum absolute atomic E-state index is 0.0678. The van der Waals surface area contributed by atoms with Crippen molar-refractivity contribution >= 4 is 17.3 Å². The number of rotatable bonds is 5. The molecule has 0 saturated heterocycles. The van der Waals surface area contributed by atoms with Crippen molar-refractivity contribution in [3.05, 3.63) is 88.9 Å². The van der Waals surface area contributed by atoms with Crippen LogP contribution in [0.4, 0.5) is 14.6 Å². The molecule has 0 spiro atoms. The van der Waals surface area contributed by atoms with Gasteiger partial charge in [0.2, 0.25) is 0 Å². The third-order valence-corrected chi connectivity index (χ3v) is 5.01. The smallest absolute Gasteiger partial charge is 0.262 e. The highest BCUT2D eigenvalue weighted by Gasteiger charge is 2.32. The molecule has 1 aliphatic rings. The molecule has 8 heteroatoms. The van der Waals surface area contributed by atoms with Gasteiger partial charge in [-0.3, -0.25) is 9.78 Å². The second kappa shape index (κ2) is 8.47. The van der Waals surface area contributed by atoms with Crippen molar-refractivity contribution in [3.8, 4) is 5.75 Å². The molecule has 4 rings (SSSR count). The lowest BCUT2D eigenvalue weighted by atomic mass is 9.91. The number of aryl methyl sites for hydroxylation is 1. The maximum atomic E-state index is 13.9. The second-order valence-electron chi connectivity index (χ2n) is 7.74. The predicted molar refractivity (Wildman–Crippen MR) is 116 cm³/mol. The Hall–Kier alpha value is -3.65. The zero-order chi connectivity index (χ0) is 22.9. The molecule has 3 aromatic rings. The van der Waals surface area contributed by atoms with E-state index in [2.05, 4.69) is 15.3 Å². The quantitative estimate of drug-likeness (QED) is 0.634. The molecule has 2 heterocycles. The molecular weight excluding hydrogens is 416 g/mol. The van der Waals surface area contributed by atoms with Crippen LogP contribution in [0.25, 0.3) is 5.57 Å². The van der Waals surface area contributed by atoms with Gasteiger partial charge in [0.1, 0.15) is 28.5 Å². The first-order chi connectivity index (χ1) is 15.3. The number of halogens is 2. The van der Waals surface area contributed by atoms with Gasteiger partial charge in [0.15, 0.2) is 5.82 Å². The van der Waals surface area contributed by atoms with Gasteiger partial charge in [0.05, 0.1) is 24.7 Å². The molecule has 0 bridgehead atoms. The van der Waals surface area contributed by atoms with Crippen molar-refractivity contribution < 1.29 is 23.0 Å². The van der Waals surface area contributed by atoms with E-state index < -0.39 is 28.7 Å². The van der Waals surface area contributed by atoms with Crippen LogP contribution in [-0.4, -0.2) is 35.2 Å². The van der Waals surface area contributed by atoms with E-state index in [1.165, 1.54) is 18.5 Å². The Morgan fingerprint density at radius 1 is 1.16 bits per heavy atom. The lowest BCUT2D eigenvalue weighted by Crippen LogP contribution is -2.38. The van der Waals surface area contributed by atoms with Crippen LogP contribution < -0.4 is 10.1 Å². The molecule has 1 amide bonds. The van der Waals surface area contributed by atoms with Gasteiger partial charge in [0, 0.05) is 18.2 Å². The van der Waals surface area contributed by atoms with Crippen LogP contribution >= 0.6 is 0 Å². The van der Waals surface area contributed by atoms with Crippen molar-refractivity contribution in [3.63, 3.8) is 0 Å². The molecule has 1 aliphatic heterocycles. The summed E-state index contributed by atoms with van der Waals surface area (Å²) in [5.41, 5.74) is 1.89. The van der Waals surface area contributed by atoms with Gasteiger partial charge in [-0.15, -0.1) is 0 Å². The molecule has 0 radical (unpaired) electrons. The number of nitrogens with zero attached hydrogens (tertiary/aromatic N) is 2. The Morgan fingerprint density at radius 2 is 1.91 bits per heavy atom. The summed E-state index contributed by atoms with van der Waals surface area (Å²) < 4.78 is 39.2. The van der Waals surface area contributed by atoms with E-state index in [4.69, 9.17) is 9.47 Å². The number of fused-ring (bicyclic) bond motifs is 1. The monoisotopic (exact) mass is 437 g/mol. The van der Waals surface area contributed by atoms with Crippen molar-refractivity contribution in [2.24, 2.45) is 0 Å². The molecule has 1 atom stereocenters. The number of ether oxygens (including phenoxy) is 2. The number of amides is 1. The standard InChI is InChI=1S/C24H21F2N3O3/c1-14-7-8-20-15(9-14)16(10-24(2,32-20)13-31-3)19-11-28-21(12-27-19)29-23(30)22-17(25)5-4-6-18(22)26/h4-12H,13H2,1-3H3,(H,28,29,30). The molecule has 0 aliphatic carbocycles. The molecular formula is C24H21F2N3O3. The zero-order valence-electron chi connectivity index (χ0n) is 17.8. The normalized spacial score (nSPS) is 17.2. The molecule has 1 aromatic heterocycles. The number of nitrogens with one attached hydrogen (secondary N) is 1. The van der Waals surface area contributed by atoms with Crippen molar-refractivity contribution in [2.45, 2.75) is 19.4 Å². The molecule has 6 nitrogen and oxygen atoms in total. The highest BCUT2D eigenvalue weighted by Crippen LogP contribution is 2.39. The number of carbonyl (C=O) groups is 1. The van der Waals surface area contributed by atoms with Crippen LogP contribution in [0.15, 0.2) is 54.9 Å². The Labute approximate surface area is 183 Å². The Morgan fingerprint density at radius 3 is 2.56 bits per heavy atom. The van der Waals surface area contributed by atoms with Crippen molar-refractivity contribution in [2.75, 3.05) is 19.0 Å². The summed E-state index contributed by atoms with van der Waals surface area (Å²) in [6, 6.07) is 9.07. The predicted octanol–water partition coefficient (Wildman–Crippen LogP) is 4.54. The van der Waals surface area contributed by atoms with Crippen LogP contribution in [0.3, 0.4) is 0 Å². The van der Waals surface area contributed by atoms with Crippen molar-refractivity contribution in [1.29, 1.82) is 0 Å². The third kappa shape index (κ3) is 4.22. The summed E-state index contributed by atoms with van der Waals surface area (Å²) in [7, 11) is 1.60. The first-order valence-corrected chi connectivity index (χ1v) is 9.89. The molecule has 0 fully saturated rings. The number of benzene rings is 2. The summed E-state index contributed by atoms with van der Waals surface area (Å²) >= 11 is 0. The number of aromatic nitrogens is 2. The van der Waals surface area contributed by atoms with Crippen molar-refractivity contribution in [1.82, 2.24) is 9.97 Å². The molecule has 32 heavy (non-hydrogen) atoms. The summed E-state index contributed by atoms with van der Waals surface area (Å²) in [5, 5.41) is 2.38. The minimum Gasteiger partial charge on any atom is -0.480 e. The van der Waals surface area contributed by atoms with Gasteiger partial charge in [0.25, 0.3) is 5.91 Å². The SMILES string of the molecule is COCC1(C)C=C(c2cnc(NC(=O)c3c(F)cccc3F)cn2)c2cc(C)ccc2O1. The average Bonchev–Trinajstić information content (AvgIpc) is 2.74. The van der Waals surface area contributed by atoms with Crippen LogP contribution in [0.2, 0.25) is 0 Å². The second-order valence-corrected chi connectivity index (χ2v) is 7.74. The van der Waals surface area contributed by atoms with Gasteiger partial charge < -0.3 is 14.8 Å². The minimum atomic E-state index is -0.955. The fraction of sp³-hybridized carbons (Fsp3) is 0.208. The summed E-state index contributed by atoms with van der Waals surface area (Å²) in [6.07, 6.45) is 4.75. The van der Waals surface area contributed by atoms with E-state index in [9.17, 15) is 13.6 Å². The maximum absolute atomic E-state index is 13.9. The van der Waals surface area contributed by atoms with Gasteiger partial charge >= 0.3 is 0 Å².